The van der Waals surface area contributed by atoms with E-state index in [2.05, 4.69) is 5.32 Å². The van der Waals surface area contributed by atoms with E-state index >= 15 is 0 Å². The molecule has 1 atom stereocenters. The standard InChI is InChI=1S/C30H29N3O4S/c1-22-9-5-8-14-27(22)30(35)33-18-17-32(38(36,37)26-12-3-2-4-13-26)21-28(33)29(34)31-20-23-15-16-24-10-6-7-11-25(24)19-23/h2-16,19,28H,17-18,20-21H2,1H3,(H,31,34). The molecule has 7 nitrogen and oxygen atoms in total. The van der Waals surface area contributed by atoms with Crippen molar-refractivity contribution in [1.82, 2.24) is 14.5 Å². The summed E-state index contributed by atoms with van der Waals surface area (Å²) in [6, 6.07) is 28.3. The third kappa shape index (κ3) is 5.18. The predicted molar refractivity (Wildman–Crippen MR) is 147 cm³/mol. The lowest BCUT2D eigenvalue weighted by molar-refractivity contribution is -0.127. The average Bonchev–Trinajstić information content (AvgIpc) is 2.96. The molecule has 38 heavy (non-hydrogen) atoms. The quantitative estimate of drug-likeness (QED) is 0.411. The number of carbonyl (C=O) groups excluding carboxylic acids is 2. The van der Waals surface area contributed by atoms with Crippen LogP contribution in [-0.2, 0) is 21.4 Å². The Morgan fingerprint density at radius 2 is 1.53 bits per heavy atom. The highest BCUT2D eigenvalue weighted by molar-refractivity contribution is 7.89. The smallest absolute Gasteiger partial charge is 0.254 e. The summed E-state index contributed by atoms with van der Waals surface area (Å²) in [6.07, 6.45) is 0. The van der Waals surface area contributed by atoms with Gasteiger partial charge in [0, 0.05) is 31.7 Å². The summed E-state index contributed by atoms with van der Waals surface area (Å²) in [7, 11) is -3.83. The fraction of sp³-hybridized carbons (Fsp3) is 0.200. The zero-order chi connectivity index (χ0) is 26.7. The number of rotatable bonds is 6. The van der Waals surface area contributed by atoms with Gasteiger partial charge in [-0.25, -0.2) is 8.42 Å². The number of benzene rings is 4. The van der Waals surface area contributed by atoms with Crippen LogP contribution in [0.3, 0.4) is 0 Å². The number of hydrogen-bond acceptors (Lipinski definition) is 4. The number of nitrogens with zero attached hydrogens (tertiary/aromatic N) is 2. The lowest BCUT2D eigenvalue weighted by Crippen LogP contribution is -2.61. The third-order valence-corrected chi connectivity index (χ3v) is 8.82. The zero-order valence-corrected chi connectivity index (χ0v) is 21.9. The Balaban J connectivity index is 1.40. The first-order chi connectivity index (χ1) is 18.3. The van der Waals surface area contributed by atoms with Crippen molar-refractivity contribution in [2.75, 3.05) is 19.6 Å². The Morgan fingerprint density at radius 3 is 2.29 bits per heavy atom. The minimum atomic E-state index is -3.83. The highest BCUT2D eigenvalue weighted by Gasteiger charge is 2.40. The number of fused-ring (bicyclic) bond motifs is 1. The molecule has 0 bridgehead atoms. The summed E-state index contributed by atoms with van der Waals surface area (Å²) in [5.41, 5.74) is 2.21. The van der Waals surface area contributed by atoms with Crippen LogP contribution in [0, 0.1) is 6.92 Å². The first kappa shape index (κ1) is 25.6. The van der Waals surface area contributed by atoms with E-state index in [1.165, 1.54) is 21.3 Å². The summed E-state index contributed by atoms with van der Waals surface area (Å²) < 4.78 is 28.0. The topological polar surface area (TPSA) is 86.8 Å². The van der Waals surface area contributed by atoms with E-state index in [-0.39, 0.29) is 37.0 Å². The molecule has 5 rings (SSSR count). The number of carbonyl (C=O) groups is 2. The van der Waals surface area contributed by atoms with Gasteiger partial charge >= 0.3 is 0 Å². The Labute approximate surface area is 222 Å². The van der Waals surface area contributed by atoms with Gasteiger partial charge in [-0.1, -0.05) is 72.8 Å². The van der Waals surface area contributed by atoms with Crippen molar-refractivity contribution in [2.24, 2.45) is 0 Å². The number of hydrogen-bond donors (Lipinski definition) is 1. The summed E-state index contributed by atoms with van der Waals surface area (Å²) in [4.78, 5) is 28.8. The van der Waals surface area contributed by atoms with Crippen LogP contribution < -0.4 is 5.32 Å². The number of amides is 2. The normalized spacial score (nSPS) is 16.3. The van der Waals surface area contributed by atoms with Crippen LogP contribution in [0.1, 0.15) is 21.5 Å². The van der Waals surface area contributed by atoms with Crippen molar-refractivity contribution >= 4 is 32.6 Å². The number of aryl methyl sites for hydroxylation is 1. The maximum atomic E-state index is 13.6. The maximum Gasteiger partial charge on any atom is 0.254 e. The predicted octanol–water partition coefficient (Wildman–Crippen LogP) is 3.98. The fourth-order valence-electron chi connectivity index (χ4n) is 4.81. The summed E-state index contributed by atoms with van der Waals surface area (Å²) in [5.74, 6) is -0.682. The first-order valence-corrected chi connectivity index (χ1v) is 14.0. The molecule has 4 aromatic rings. The molecule has 1 aliphatic rings. The van der Waals surface area contributed by atoms with Crippen molar-refractivity contribution < 1.29 is 18.0 Å². The third-order valence-electron chi connectivity index (χ3n) is 6.94. The number of piperazine rings is 1. The number of nitrogens with one attached hydrogen (secondary N) is 1. The highest BCUT2D eigenvalue weighted by atomic mass is 32.2. The molecular formula is C30H29N3O4S. The molecule has 194 valence electrons. The minimum Gasteiger partial charge on any atom is -0.350 e. The molecule has 1 N–H and O–H groups in total. The molecule has 1 unspecified atom stereocenters. The summed E-state index contributed by atoms with van der Waals surface area (Å²) >= 11 is 0. The Morgan fingerprint density at radius 1 is 0.842 bits per heavy atom. The van der Waals surface area contributed by atoms with Gasteiger partial charge in [-0.2, -0.15) is 4.31 Å². The molecule has 4 aromatic carbocycles. The molecule has 1 aliphatic heterocycles. The van der Waals surface area contributed by atoms with Crippen LogP contribution in [0.5, 0.6) is 0 Å². The highest BCUT2D eigenvalue weighted by Crippen LogP contribution is 2.23. The van der Waals surface area contributed by atoms with Gasteiger partial charge in [0.25, 0.3) is 5.91 Å². The van der Waals surface area contributed by atoms with Crippen LogP contribution in [-0.4, -0.2) is 55.1 Å². The molecule has 0 saturated carbocycles. The second-order valence-corrected chi connectivity index (χ2v) is 11.3. The molecule has 0 aliphatic carbocycles. The molecule has 0 radical (unpaired) electrons. The van der Waals surface area contributed by atoms with Crippen LogP contribution in [0.15, 0.2) is 102 Å². The van der Waals surface area contributed by atoms with Gasteiger partial charge in [-0.05, 0) is 53.1 Å². The van der Waals surface area contributed by atoms with Crippen molar-refractivity contribution in [1.29, 1.82) is 0 Å². The van der Waals surface area contributed by atoms with Crippen LogP contribution >= 0.6 is 0 Å². The van der Waals surface area contributed by atoms with Crippen LogP contribution in [0.4, 0.5) is 0 Å². The van der Waals surface area contributed by atoms with Gasteiger partial charge in [-0.15, -0.1) is 0 Å². The molecule has 0 aromatic heterocycles. The molecule has 0 spiro atoms. The maximum absolute atomic E-state index is 13.6. The second-order valence-electron chi connectivity index (χ2n) is 9.40. The van der Waals surface area contributed by atoms with E-state index in [1.54, 1.807) is 30.3 Å². The molecule has 1 saturated heterocycles. The lowest BCUT2D eigenvalue weighted by Gasteiger charge is -2.40. The molecule has 1 heterocycles. The van der Waals surface area contributed by atoms with Gasteiger partial charge in [-0.3, -0.25) is 9.59 Å². The molecule has 1 fully saturated rings. The number of sulfonamides is 1. The summed E-state index contributed by atoms with van der Waals surface area (Å²) in [5, 5.41) is 5.11. The van der Waals surface area contributed by atoms with Gasteiger partial charge < -0.3 is 10.2 Å². The fourth-order valence-corrected chi connectivity index (χ4v) is 6.27. The second kappa shape index (κ2) is 10.8. The SMILES string of the molecule is Cc1ccccc1C(=O)N1CCN(S(=O)(=O)c2ccccc2)CC1C(=O)NCc1ccc2ccccc2c1. The van der Waals surface area contributed by atoms with Gasteiger partial charge in [0.05, 0.1) is 4.90 Å². The summed E-state index contributed by atoms with van der Waals surface area (Å²) in [6.45, 7) is 2.19. The van der Waals surface area contributed by atoms with E-state index in [0.717, 1.165) is 21.9 Å². The Bertz CT molecular complexity index is 1590. The van der Waals surface area contributed by atoms with E-state index in [9.17, 15) is 18.0 Å². The van der Waals surface area contributed by atoms with Crippen LogP contribution in [0.25, 0.3) is 10.8 Å². The van der Waals surface area contributed by atoms with Crippen molar-refractivity contribution in [2.45, 2.75) is 24.4 Å². The first-order valence-electron chi connectivity index (χ1n) is 12.5. The Kier molecular flexibility index (Phi) is 7.26. The molecular weight excluding hydrogens is 498 g/mol. The van der Waals surface area contributed by atoms with Crippen molar-refractivity contribution in [3.8, 4) is 0 Å². The zero-order valence-electron chi connectivity index (χ0n) is 21.1. The van der Waals surface area contributed by atoms with E-state index in [1.807, 2.05) is 61.5 Å². The van der Waals surface area contributed by atoms with E-state index < -0.39 is 22.0 Å². The average molecular weight is 528 g/mol. The monoisotopic (exact) mass is 527 g/mol. The van der Waals surface area contributed by atoms with Gasteiger partial charge in [0.15, 0.2) is 0 Å². The molecule has 2 amide bonds. The molecule has 8 heteroatoms. The van der Waals surface area contributed by atoms with E-state index in [0.29, 0.717) is 5.56 Å². The van der Waals surface area contributed by atoms with Gasteiger partial charge in [0.2, 0.25) is 15.9 Å². The minimum absolute atomic E-state index is 0.100. The largest absolute Gasteiger partial charge is 0.350 e. The lowest BCUT2D eigenvalue weighted by atomic mass is 10.0. The van der Waals surface area contributed by atoms with Crippen molar-refractivity contribution in [3.05, 3.63) is 114 Å². The van der Waals surface area contributed by atoms with Crippen molar-refractivity contribution in [3.63, 3.8) is 0 Å². The van der Waals surface area contributed by atoms with Gasteiger partial charge in [0.1, 0.15) is 6.04 Å². The Hall–Kier alpha value is -4.01. The van der Waals surface area contributed by atoms with Crippen LogP contribution in [0.2, 0.25) is 0 Å². The van der Waals surface area contributed by atoms with E-state index in [4.69, 9.17) is 0 Å².